The molecule has 0 amide bonds. The fraction of sp³-hybridized carbons (Fsp3) is 0.308. The Bertz CT molecular complexity index is 523. The molecule has 2 nitrogen and oxygen atoms in total. The van der Waals surface area contributed by atoms with E-state index in [1.807, 2.05) is 14.0 Å². The number of rotatable bonds is 2. The number of aryl methyl sites for hydroxylation is 2. The van der Waals surface area contributed by atoms with E-state index in [0.717, 1.165) is 34.9 Å². The number of fused-ring (bicyclic) bond motifs is 1. The molecule has 0 unspecified atom stereocenters. The van der Waals surface area contributed by atoms with Crippen LogP contribution in [0.15, 0.2) is 18.2 Å². The van der Waals surface area contributed by atoms with Gasteiger partial charge in [-0.05, 0) is 25.5 Å². The molecule has 0 spiro atoms. The maximum absolute atomic E-state index is 11.1. The van der Waals surface area contributed by atoms with Gasteiger partial charge in [-0.3, -0.25) is 4.79 Å². The summed E-state index contributed by atoms with van der Waals surface area (Å²) in [6, 6.07) is 6.24. The number of aromatic nitrogens is 1. The average molecular weight is 201 g/mol. The number of carbonyl (C=O) groups is 1. The molecule has 0 aliphatic rings. The van der Waals surface area contributed by atoms with Crippen molar-refractivity contribution in [3.8, 4) is 0 Å². The first-order chi connectivity index (χ1) is 7.19. The van der Waals surface area contributed by atoms with Gasteiger partial charge in [0.05, 0.1) is 0 Å². The first kappa shape index (κ1) is 9.97. The third-order valence-electron chi connectivity index (χ3n) is 2.97. The van der Waals surface area contributed by atoms with Gasteiger partial charge in [-0.2, -0.15) is 0 Å². The van der Waals surface area contributed by atoms with Gasteiger partial charge in [0.2, 0.25) is 0 Å². The Morgan fingerprint density at radius 3 is 2.73 bits per heavy atom. The second kappa shape index (κ2) is 3.54. The Morgan fingerprint density at radius 2 is 2.13 bits per heavy atom. The van der Waals surface area contributed by atoms with Gasteiger partial charge in [-0.25, -0.2) is 0 Å². The highest BCUT2D eigenvalue weighted by molar-refractivity contribution is 5.99. The standard InChI is InChI=1S/C13H15NO/c1-4-12-11(8-15)10-7-9(2)5-6-13(10)14(12)3/h5-8H,4H2,1-3H3. The molecule has 1 aromatic heterocycles. The summed E-state index contributed by atoms with van der Waals surface area (Å²) >= 11 is 0. The number of hydrogen-bond acceptors (Lipinski definition) is 1. The lowest BCUT2D eigenvalue weighted by molar-refractivity contribution is 0.112. The predicted molar refractivity (Wildman–Crippen MR) is 62.4 cm³/mol. The summed E-state index contributed by atoms with van der Waals surface area (Å²) < 4.78 is 2.11. The lowest BCUT2D eigenvalue weighted by Crippen LogP contribution is -1.96. The molecule has 0 saturated heterocycles. The van der Waals surface area contributed by atoms with E-state index in [1.165, 1.54) is 5.56 Å². The Kier molecular flexibility index (Phi) is 2.35. The van der Waals surface area contributed by atoms with E-state index in [9.17, 15) is 4.79 Å². The summed E-state index contributed by atoms with van der Waals surface area (Å²) in [6.07, 6.45) is 1.86. The van der Waals surface area contributed by atoms with Gasteiger partial charge in [-0.1, -0.05) is 18.6 Å². The van der Waals surface area contributed by atoms with Crippen LogP contribution in [0.3, 0.4) is 0 Å². The molecule has 1 heterocycles. The zero-order valence-electron chi connectivity index (χ0n) is 9.37. The largest absolute Gasteiger partial charge is 0.347 e. The monoisotopic (exact) mass is 201 g/mol. The fourth-order valence-corrected chi connectivity index (χ4v) is 2.20. The fourth-order valence-electron chi connectivity index (χ4n) is 2.20. The highest BCUT2D eigenvalue weighted by Crippen LogP contribution is 2.25. The van der Waals surface area contributed by atoms with Crippen LogP contribution in [0.5, 0.6) is 0 Å². The van der Waals surface area contributed by atoms with Crippen molar-refractivity contribution in [3.05, 3.63) is 35.0 Å². The molecule has 78 valence electrons. The first-order valence-electron chi connectivity index (χ1n) is 5.22. The highest BCUT2D eigenvalue weighted by Gasteiger charge is 2.12. The maximum Gasteiger partial charge on any atom is 0.152 e. The van der Waals surface area contributed by atoms with Crippen LogP contribution in [0, 0.1) is 6.92 Å². The lowest BCUT2D eigenvalue weighted by atomic mass is 10.1. The summed E-state index contributed by atoms with van der Waals surface area (Å²) in [7, 11) is 2.02. The Balaban J connectivity index is 2.91. The van der Waals surface area contributed by atoms with Crippen molar-refractivity contribution in [3.63, 3.8) is 0 Å². The highest BCUT2D eigenvalue weighted by atomic mass is 16.1. The van der Waals surface area contributed by atoms with E-state index in [0.29, 0.717) is 0 Å². The van der Waals surface area contributed by atoms with Crippen LogP contribution < -0.4 is 0 Å². The summed E-state index contributed by atoms with van der Waals surface area (Å²) in [4.78, 5) is 11.1. The summed E-state index contributed by atoms with van der Waals surface area (Å²) in [6.45, 7) is 4.13. The van der Waals surface area contributed by atoms with Crippen LogP contribution >= 0.6 is 0 Å². The topological polar surface area (TPSA) is 22.0 Å². The predicted octanol–water partition coefficient (Wildman–Crippen LogP) is 2.86. The van der Waals surface area contributed by atoms with Gasteiger partial charge in [0.25, 0.3) is 0 Å². The molecule has 0 aliphatic carbocycles. The van der Waals surface area contributed by atoms with Crippen LogP contribution in [0.1, 0.15) is 28.5 Å². The second-order valence-corrected chi connectivity index (χ2v) is 3.91. The Morgan fingerprint density at radius 1 is 1.40 bits per heavy atom. The molecular formula is C13H15NO. The second-order valence-electron chi connectivity index (χ2n) is 3.91. The molecule has 0 atom stereocenters. The number of carbonyl (C=O) groups excluding carboxylic acids is 1. The van der Waals surface area contributed by atoms with Gasteiger partial charge in [0.15, 0.2) is 6.29 Å². The number of hydrogen-bond donors (Lipinski definition) is 0. The third-order valence-corrected chi connectivity index (χ3v) is 2.97. The molecule has 0 fully saturated rings. The maximum atomic E-state index is 11.1. The molecular weight excluding hydrogens is 186 g/mol. The van der Waals surface area contributed by atoms with Crippen LogP contribution in [-0.2, 0) is 13.5 Å². The Hall–Kier alpha value is -1.57. The van der Waals surface area contributed by atoms with Gasteiger partial charge in [0.1, 0.15) is 0 Å². The third kappa shape index (κ3) is 1.37. The number of aldehydes is 1. The van der Waals surface area contributed by atoms with E-state index in [-0.39, 0.29) is 0 Å². The van der Waals surface area contributed by atoms with E-state index in [4.69, 9.17) is 0 Å². The van der Waals surface area contributed by atoms with Crippen molar-refractivity contribution < 1.29 is 4.79 Å². The van der Waals surface area contributed by atoms with Gasteiger partial charge in [0, 0.05) is 29.2 Å². The SMILES string of the molecule is CCc1c(C=O)c2cc(C)ccc2n1C. The molecule has 2 aromatic rings. The molecule has 0 N–H and O–H groups in total. The quantitative estimate of drug-likeness (QED) is 0.685. The van der Waals surface area contributed by atoms with Crippen molar-refractivity contribution in [2.75, 3.05) is 0 Å². The first-order valence-corrected chi connectivity index (χ1v) is 5.22. The van der Waals surface area contributed by atoms with Crippen molar-refractivity contribution in [2.24, 2.45) is 7.05 Å². The molecule has 15 heavy (non-hydrogen) atoms. The average Bonchev–Trinajstić information content (AvgIpc) is 2.50. The van der Waals surface area contributed by atoms with Gasteiger partial charge in [-0.15, -0.1) is 0 Å². The smallest absolute Gasteiger partial charge is 0.152 e. The molecule has 2 rings (SSSR count). The molecule has 0 bridgehead atoms. The van der Waals surface area contributed by atoms with E-state index < -0.39 is 0 Å². The Labute approximate surface area is 89.5 Å². The molecule has 1 aromatic carbocycles. The van der Waals surface area contributed by atoms with E-state index in [1.54, 1.807) is 0 Å². The van der Waals surface area contributed by atoms with Crippen molar-refractivity contribution in [1.82, 2.24) is 4.57 Å². The van der Waals surface area contributed by atoms with Crippen LogP contribution in [0.2, 0.25) is 0 Å². The van der Waals surface area contributed by atoms with Crippen molar-refractivity contribution >= 4 is 17.2 Å². The molecule has 0 radical (unpaired) electrons. The molecule has 0 saturated carbocycles. The van der Waals surface area contributed by atoms with Crippen molar-refractivity contribution in [1.29, 1.82) is 0 Å². The van der Waals surface area contributed by atoms with E-state index >= 15 is 0 Å². The van der Waals surface area contributed by atoms with Gasteiger partial charge >= 0.3 is 0 Å². The lowest BCUT2D eigenvalue weighted by Gasteiger charge is -2.00. The van der Waals surface area contributed by atoms with E-state index in [2.05, 4.69) is 29.7 Å². The number of benzene rings is 1. The minimum Gasteiger partial charge on any atom is -0.347 e. The van der Waals surface area contributed by atoms with Crippen LogP contribution in [0.25, 0.3) is 10.9 Å². The molecule has 0 aliphatic heterocycles. The minimum absolute atomic E-state index is 0.846. The normalized spacial score (nSPS) is 10.9. The number of nitrogens with zero attached hydrogens (tertiary/aromatic N) is 1. The zero-order chi connectivity index (χ0) is 11.0. The summed E-state index contributed by atoms with van der Waals surface area (Å²) in [5, 5.41) is 1.07. The summed E-state index contributed by atoms with van der Waals surface area (Å²) in [5.41, 5.74) is 4.29. The van der Waals surface area contributed by atoms with Crippen LogP contribution in [0.4, 0.5) is 0 Å². The van der Waals surface area contributed by atoms with Crippen molar-refractivity contribution in [2.45, 2.75) is 20.3 Å². The summed E-state index contributed by atoms with van der Waals surface area (Å²) in [5.74, 6) is 0. The zero-order valence-corrected chi connectivity index (χ0v) is 9.37. The minimum atomic E-state index is 0.846. The van der Waals surface area contributed by atoms with Gasteiger partial charge < -0.3 is 4.57 Å². The van der Waals surface area contributed by atoms with Crippen LogP contribution in [-0.4, -0.2) is 10.9 Å². The molecule has 2 heteroatoms.